The average molecular weight is 656 g/mol. The van der Waals surface area contributed by atoms with Crippen molar-refractivity contribution in [2.45, 2.75) is 94.7 Å². The Morgan fingerprint density at radius 1 is 1.13 bits per heavy atom. The van der Waals surface area contributed by atoms with E-state index < -0.39 is 101 Å². The number of carbonyl (C=O) groups is 4. The number of aromatic hydroxyl groups is 2. The van der Waals surface area contributed by atoms with Gasteiger partial charge in [-0.15, -0.1) is 0 Å². The van der Waals surface area contributed by atoms with Crippen LogP contribution in [0, 0.1) is 0 Å². The summed E-state index contributed by atoms with van der Waals surface area (Å²) < 4.78 is 17.4. The van der Waals surface area contributed by atoms with E-state index in [-0.39, 0.29) is 34.4 Å². The first kappa shape index (κ1) is 34.4. The highest BCUT2D eigenvalue weighted by Crippen LogP contribution is 2.52. The molecule has 47 heavy (non-hydrogen) atoms. The fourth-order valence-corrected chi connectivity index (χ4v) is 6.70. The van der Waals surface area contributed by atoms with E-state index in [0.29, 0.717) is 25.8 Å². The van der Waals surface area contributed by atoms with Crippen molar-refractivity contribution in [3.05, 3.63) is 51.6 Å². The number of unbranched alkanes of at least 4 members (excludes halogenated alkanes) is 1. The van der Waals surface area contributed by atoms with Gasteiger partial charge < -0.3 is 51.4 Å². The van der Waals surface area contributed by atoms with Gasteiger partial charge in [-0.2, -0.15) is 0 Å². The Morgan fingerprint density at radius 2 is 1.83 bits per heavy atom. The van der Waals surface area contributed by atoms with Crippen LogP contribution in [0.4, 0.5) is 0 Å². The van der Waals surface area contributed by atoms with Crippen molar-refractivity contribution < 1.29 is 53.8 Å². The third-order valence-corrected chi connectivity index (χ3v) is 9.39. The molecule has 1 saturated heterocycles. The lowest BCUT2D eigenvalue weighted by molar-refractivity contribution is -0.249. The van der Waals surface area contributed by atoms with Gasteiger partial charge in [-0.1, -0.05) is 18.6 Å². The molecule has 1 amide bonds. The third kappa shape index (κ3) is 6.12. The zero-order valence-electron chi connectivity index (χ0n) is 26.4. The quantitative estimate of drug-likeness (QED) is 0.117. The number of Topliss-reactive ketones (excluding diaryl/α,β-unsaturated/α-hetero) is 1. The Morgan fingerprint density at radius 3 is 2.49 bits per heavy atom. The summed E-state index contributed by atoms with van der Waals surface area (Å²) in [4.78, 5) is 53.0. The number of rotatable bonds is 10. The van der Waals surface area contributed by atoms with Crippen LogP contribution in [0.3, 0.4) is 0 Å². The Labute approximate surface area is 271 Å². The molecule has 0 saturated carbocycles. The SMILES string of the molecule is COc1cccc2c1C(=O)c1c(O)c3c(c(O)c1C2=O)C[C@@](O)(C(C)=O)C[C@H]3O[C@H]1C[C@@H](NC(=O)[C@H](N)CCCCN)[C@@H](O)[C@@H](C)O1. The van der Waals surface area contributed by atoms with Crippen LogP contribution in [0.1, 0.15) is 95.0 Å². The number of phenolic OH excluding ortho intramolecular Hbond substituents is 2. The van der Waals surface area contributed by atoms with Crippen LogP contribution >= 0.6 is 0 Å². The molecule has 0 aromatic heterocycles. The second kappa shape index (κ2) is 13.3. The summed E-state index contributed by atoms with van der Waals surface area (Å²) in [6.45, 7) is 3.19. The Hall–Kier alpha value is -3.92. The maximum Gasteiger partial charge on any atom is 0.237 e. The number of phenols is 2. The molecule has 254 valence electrons. The molecule has 9 N–H and O–H groups in total. The van der Waals surface area contributed by atoms with Gasteiger partial charge in [0.15, 0.2) is 17.9 Å². The van der Waals surface area contributed by atoms with E-state index in [9.17, 15) is 39.6 Å². The molecule has 1 fully saturated rings. The molecular weight excluding hydrogens is 614 g/mol. The van der Waals surface area contributed by atoms with E-state index in [0.717, 1.165) is 6.92 Å². The second-order valence-electron chi connectivity index (χ2n) is 12.5. The number of carbonyl (C=O) groups excluding carboxylic acids is 4. The number of hydrogen-bond donors (Lipinski definition) is 7. The summed E-state index contributed by atoms with van der Waals surface area (Å²) in [6, 6.07) is 2.70. The van der Waals surface area contributed by atoms with Gasteiger partial charge in [0.1, 0.15) is 29.0 Å². The lowest BCUT2D eigenvalue weighted by Crippen LogP contribution is -2.58. The highest BCUT2D eigenvalue weighted by atomic mass is 16.7. The van der Waals surface area contributed by atoms with Gasteiger partial charge in [-0.25, -0.2) is 0 Å². The van der Waals surface area contributed by atoms with E-state index in [2.05, 4.69) is 5.32 Å². The zero-order chi connectivity index (χ0) is 34.4. The largest absolute Gasteiger partial charge is 0.507 e. The first-order valence-corrected chi connectivity index (χ1v) is 15.6. The lowest BCUT2D eigenvalue weighted by Gasteiger charge is -2.43. The number of ketones is 3. The molecule has 5 rings (SSSR count). The van der Waals surface area contributed by atoms with E-state index in [4.69, 9.17) is 25.7 Å². The molecular formula is C33H41N3O11. The standard InChI is InChI=1S/C33H41N3O11/c1-14-27(38)19(36-32(43)18(35)8-4-5-10-34)11-22(46-14)47-21-13-33(44,15(2)37)12-17-24(21)31(42)26-25(29(17)40)28(39)16-7-6-9-20(45-3)23(16)30(26)41/h6-7,9,14,18-19,21-22,27,38,40,42,44H,4-5,8,10-13,34-35H2,1-3H3,(H,36,43)/t14-,18-,19-,21-,22+,27+,33+/m1/s1. The minimum absolute atomic E-state index is 0.0442. The average Bonchev–Trinajstić information content (AvgIpc) is 3.03. The maximum absolute atomic E-state index is 13.8. The number of hydrogen-bond acceptors (Lipinski definition) is 13. The van der Waals surface area contributed by atoms with Gasteiger partial charge >= 0.3 is 0 Å². The number of methoxy groups -OCH3 is 1. The summed E-state index contributed by atoms with van der Waals surface area (Å²) in [5.74, 6) is -3.90. The fraction of sp³-hybridized carbons (Fsp3) is 0.515. The first-order chi connectivity index (χ1) is 22.2. The molecule has 0 bridgehead atoms. The van der Waals surface area contributed by atoms with Crippen LogP contribution < -0.4 is 21.5 Å². The second-order valence-corrected chi connectivity index (χ2v) is 12.5. The van der Waals surface area contributed by atoms with Crippen LogP contribution in [0.15, 0.2) is 18.2 Å². The van der Waals surface area contributed by atoms with Crippen molar-refractivity contribution in [2.24, 2.45) is 11.5 Å². The molecule has 0 unspecified atom stereocenters. The highest BCUT2D eigenvalue weighted by Gasteiger charge is 2.49. The van der Waals surface area contributed by atoms with Crippen molar-refractivity contribution in [3.63, 3.8) is 0 Å². The molecule has 2 aromatic rings. The van der Waals surface area contributed by atoms with Gasteiger partial charge in [0.2, 0.25) is 11.7 Å². The lowest BCUT2D eigenvalue weighted by atomic mass is 9.72. The summed E-state index contributed by atoms with van der Waals surface area (Å²) in [5, 5.41) is 48.2. The molecule has 0 radical (unpaired) electrons. The number of ether oxygens (including phenoxy) is 3. The molecule has 14 nitrogen and oxygen atoms in total. The van der Waals surface area contributed by atoms with Gasteiger partial charge in [0.25, 0.3) is 0 Å². The Balaban J connectivity index is 1.52. The molecule has 1 heterocycles. The van der Waals surface area contributed by atoms with Crippen molar-refractivity contribution in [1.29, 1.82) is 0 Å². The molecule has 0 spiro atoms. The summed E-state index contributed by atoms with van der Waals surface area (Å²) >= 11 is 0. The monoisotopic (exact) mass is 655 g/mol. The summed E-state index contributed by atoms with van der Waals surface area (Å²) in [7, 11) is 1.33. The maximum atomic E-state index is 13.8. The van der Waals surface area contributed by atoms with E-state index >= 15 is 0 Å². The van der Waals surface area contributed by atoms with Crippen molar-refractivity contribution >= 4 is 23.3 Å². The minimum Gasteiger partial charge on any atom is -0.507 e. The smallest absolute Gasteiger partial charge is 0.237 e. The fourth-order valence-electron chi connectivity index (χ4n) is 6.70. The molecule has 7 atom stereocenters. The Kier molecular flexibility index (Phi) is 9.74. The van der Waals surface area contributed by atoms with E-state index in [1.54, 1.807) is 6.92 Å². The van der Waals surface area contributed by atoms with Crippen molar-refractivity contribution in [1.82, 2.24) is 5.32 Å². The van der Waals surface area contributed by atoms with Crippen LogP contribution in [0.5, 0.6) is 17.2 Å². The number of amides is 1. The zero-order valence-corrected chi connectivity index (χ0v) is 26.4. The van der Waals surface area contributed by atoms with Crippen LogP contribution in [-0.4, -0.2) is 93.5 Å². The molecule has 14 heteroatoms. The normalized spacial score (nSPS) is 27.3. The molecule has 2 aromatic carbocycles. The third-order valence-electron chi connectivity index (χ3n) is 9.39. The van der Waals surface area contributed by atoms with Gasteiger partial charge in [-0.3, -0.25) is 19.2 Å². The van der Waals surface area contributed by atoms with Gasteiger partial charge in [0.05, 0.1) is 48.1 Å². The topological polar surface area (TPSA) is 241 Å². The van der Waals surface area contributed by atoms with Gasteiger partial charge in [-0.05, 0) is 39.3 Å². The van der Waals surface area contributed by atoms with Gasteiger partial charge in [0, 0.05) is 36.0 Å². The number of aliphatic hydroxyl groups is 2. The van der Waals surface area contributed by atoms with Crippen LogP contribution in [0.25, 0.3) is 0 Å². The van der Waals surface area contributed by atoms with E-state index in [1.165, 1.54) is 25.3 Å². The predicted molar refractivity (Wildman–Crippen MR) is 165 cm³/mol. The molecule has 2 aliphatic carbocycles. The van der Waals surface area contributed by atoms with Crippen LogP contribution in [-0.2, 0) is 25.5 Å². The summed E-state index contributed by atoms with van der Waals surface area (Å²) in [5.41, 5.74) is 8.18. The Bertz CT molecular complexity index is 1610. The molecule has 1 aliphatic heterocycles. The first-order valence-electron chi connectivity index (χ1n) is 15.6. The van der Waals surface area contributed by atoms with E-state index in [1.807, 2.05) is 0 Å². The van der Waals surface area contributed by atoms with Crippen molar-refractivity contribution in [3.8, 4) is 17.2 Å². The number of fused-ring (bicyclic) bond motifs is 3. The minimum atomic E-state index is -2.08. The number of benzene rings is 2. The van der Waals surface area contributed by atoms with Crippen molar-refractivity contribution in [2.75, 3.05) is 13.7 Å². The summed E-state index contributed by atoms with van der Waals surface area (Å²) in [6.07, 6.45) is -3.70. The number of nitrogens with one attached hydrogen (secondary N) is 1. The highest BCUT2D eigenvalue weighted by molar-refractivity contribution is 6.31. The van der Waals surface area contributed by atoms with Crippen LogP contribution in [0.2, 0.25) is 0 Å². The number of nitrogens with two attached hydrogens (primary N) is 2. The molecule has 3 aliphatic rings. The number of aliphatic hydroxyl groups excluding tert-OH is 1. The predicted octanol–water partition coefficient (Wildman–Crippen LogP) is 0.643.